The van der Waals surface area contributed by atoms with Crippen molar-refractivity contribution in [2.24, 2.45) is 11.3 Å². The maximum Gasteiger partial charge on any atom is 0.137 e. The van der Waals surface area contributed by atoms with Gasteiger partial charge in [0.15, 0.2) is 0 Å². The van der Waals surface area contributed by atoms with Crippen LogP contribution in [-0.4, -0.2) is 0 Å². The lowest BCUT2D eigenvalue weighted by Gasteiger charge is -2.21. The van der Waals surface area contributed by atoms with E-state index in [1.165, 1.54) is 6.07 Å². The first-order valence-corrected chi connectivity index (χ1v) is 7.23. The Hall–Kier alpha value is -0.880. The van der Waals surface area contributed by atoms with Gasteiger partial charge in [0, 0.05) is 0 Å². The van der Waals surface area contributed by atoms with Gasteiger partial charge in [-0.1, -0.05) is 19.4 Å². The molecule has 1 nitrogen and oxygen atoms in total. The molecule has 1 aromatic carbocycles. The molecule has 0 bridgehead atoms. The molecule has 1 aliphatic carbocycles. The van der Waals surface area contributed by atoms with Crippen LogP contribution in [-0.2, 0) is 6.42 Å². The van der Waals surface area contributed by atoms with Crippen LogP contribution in [0.15, 0.2) is 22.7 Å². The molecule has 0 amide bonds. The second kappa shape index (κ2) is 5.40. The van der Waals surface area contributed by atoms with Crippen molar-refractivity contribution in [3.8, 4) is 6.07 Å². The Balaban J connectivity index is 2.16. The molecule has 0 heterocycles. The van der Waals surface area contributed by atoms with E-state index in [4.69, 9.17) is 0 Å². The third kappa shape index (κ3) is 2.75. The van der Waals surface area contributed by atoms with Crippen LogP contribution in [0.25, 0.3) is 0 Å². The molecule has 2 rings (SSSR count). The summed E-state index contributed by atoms with van der Waals surface area (Å²) in [6, 6.07) is 7.57. The lowest BCUT2D eigenvalue weighted by Crippen LogP contribution is -2.18. The highest BCUT2D eigenvalue weighted by Crippen LogP contribution is 2.45. The molecule has 1 aromatic rings. The molecule has 0 aliphatic heterocycles. The van der Waals surface area contributed by atoms with Crippen LogP contribution < -0.4 is 0 Å². The summed E-state index contributed by atoms with van der Waals surface area (Å²) in [7, 11) is 0. The van der Waals surface area contributed by atoms with Gasteiger partial charge in [-0.25, -0.2) is 4.39 Å². The average Bonchev–Trinajstić information content (AvgIpc) is 2.78. The zero-order chi connectivity index (χ0) is 13.2. The van der Waals surface area contributed by atoms with E-state index in [1.807, 2.05) is 0 Å². The Morgan fingerprint density at radius 3 is 2.89 bits per heavy atom. The van der Waals surface area contributed by atoms with E-state index in [9.17, 15) is 9.65 Å². The standard InChI is InChI=1S/C15H17BrFN/c1-2-11-5-6-15(8-11,10-18)9-12-3-4-14(17)13(16)7-12/h3-4,7,11H,2,5-6,8-9H2,1H3. The number of hydrogen-bond donors (Lipinski definition) is 0. The van der Waals surface area contributed by atoms with E-state index in [0.717, 1.165) is 37.7 Å². The van der Waals surface area contributed by atoms with Gasteiger partial charge in [0.25, 0.3) is 0 Å². The van der Waals surface area contributed by atoms with Gasteiger partial charge in [-0.05, 0) is 65.2 Å². The number of benzene rings is 1. The number of hydrogen-bond acceptors (Lipinski definition) is 1. The zero-order valence-corrected chi connectivity index (χ0v) is 12.1. The smallest absolute Gasteiger partial charge is 0.137 e. The van der Waals surface area contributed by atoms with E-state index < -0.39 is 0 Å². The van der Waals surface area contributed by atoms with Gasteiger partial charge in [-0.2, -0.15) is 5.26 Å². The molecule has 0 radical (unpaired) electrons. The Labute approximate surface area is 116 Å². The normalized spacial score (nSPS) is 27.1. The van der Waals surface area contributed by atoms with Crippen LogP contribution in [0.5, 0.6) is 0 Å². The summed E-state index contributed by atoms with van der Waals surface area (Å²) in [6.45, 7) is 2.19. The molecule has 1 saturated carbocycles. The predicted octanol–water partition coefficient (Wildman–Crippen LogP) is 4.85. The average molecular weight is 310 g/mol. The number of nitrogens with zero attached hydrogens (tertiary/aromatic N) is 1. The van der Waals surface area contributed by atoms with E-state index in [2.05, 4.69) is 28.9 Å². The minimum absolute atomic E-state index is 0.238. The van der Waals surface area contributed by atoms with Crippen molar-refractivity contribution in [3.63, 3.8) is 0 Å². The van der Waals surface area contributed by atoms with Crippen molar-refractivity contribution in [2.75, 3.05) is 0 Å². The molecule has 2 atom stereocenters. The maximum atomic E-state index is 13.2. The SMILES string of the molecule is CCC1CCC(C#N)(Cc2ccc(F)c(Br)c2)C1. The van der Waals surface area contributed by atoms with Crippen molar-refractivity contribution in [1.29, 1.82) is 5.26 Å². The first-order valence-electron chi connectivity index (χ1n) is 6.44. The molecular weight excluding hydrogens is 293 g/mol. The summed E-state index contributed by atoms with van der Waals surface area (Å²) in [5.41, 5.74) is 0.805. The number of halogens is 2. The topological polar surface area (TPSA) is 23.8 Å². The van der Waals surface area contributed by atoms with Crippen LogP contribution in [0, 0.1) is 28.5 Å². The molecule has 1 fully saturated rings. The van der Waals surface area contributed by atoms with E-state index >= 15 is 0 Å². The predicted molar refractivity (Wildman–Crippen MR) is 73.5 cm³/mol. The fraction of sp³-hybridized carbons (Fsp3) is 0.533. The monoisotopic (exact) mass is 309 g/mol. The Morgan fingerprint density at radius 1 is 1.56 bits per heavy atom. The van der Waals surface area contributed by atoms with Crippen molar-refractivity contribution < 1.29 is 4.39 Å². The minimum atomic E-state index is -0.248. The molecule has 3 heteroatoms. The Morgan fingerprint density at radius 2 is 2.33 bits per heavy atom. The fourth-order valence-corrected chi connectivity index (χ4v) is 3.35. The molecule has 2 unspecified atom stereocenters. The lowest BCUT2D eigenvalue weighted by molar-refractivity contribution is 0.380. The van der Waals surface area contributed by atoms with Crippen molar-refractivity contribution in [3.05, 3.63) is 34.1 Å². The molecular formula is C15H17BrFN. The Kier molecular flexibility index (Phi) is 4.07. The van der Waals surface area contributed by atoms with E-state index in [0.29, 0.717) is 10.4 Å². The van der Waals surface area contributed by atoms with Gasteiger partial charge in [-0.3, -0.25) is 0 Å². The number of nitriles is 1. The summed E-state index contributed by atoms with van der Waals surface area (Å²) in [5.74, 6) is 0.427. The van der Waals surface area contributed by atoms with Crippen LogP contribution in [0.2, 0.25) is 0 Å². The van der Waals surface area contributed by atoms with Crippen LogP contribution >= 0.6 is 15.9 Å². The molecule has 1 aliphatic rings. The van der Waals surface area contributed by atoms with Gasteiger partial charge >= 0.3 is 0 Å². The van der Waals surface area contributed by atoms with Crippen LogP contribution in [0.1, 0.15) is 38.2 Å². The first-order chi connectivity index (χ1) is 8.58. The van der Waals surface area contributed by atoms with E-state index in [1.54, 1.807) is 12.1 Å². The van der Waals surface area contributed by atoms with Gasteiger partial charge < -0.3 is 0 Å². The summed E-state index contributed by atoms with van der Waals surface area (Å²) in [6.07, 6.45) is 4.98. The Bertz CT molecular complexity index is 480. The van der Waals surface area contributed by atoms with Crippen molar-refractivity contribution in [1.82, 2.24) is 0 Å². The summed E-state index contributed by atoms with van der Waals surface area (Å²) >= 11 is 3.20. The highest BCUT2D eigenvalue weighted by atomic mass is 79.9. The second-order valence-electron chi connectivity index (χ2n) is 5.33. The maximum absolute atomic E-state index is 13.2. The zero-order valence-electron chi connectivity index (χ0n) is 10.5. The van der Waals surface area contributed by atoms with Crippen molar-refractivity contribution >= 4 is 15.9 Å². The molecule has 96 valence electrons. The highest BCUT2D eigenvalue weighted by Gasteiger charge is 2.38. The largest absolute Gasteiger partial charge is 0.206 e. The molecule has 0 N–H and O–H groups in total. The summed E-state index contributed by atoms with van der Waals surface area (Å²) in [5, 5.41) is 9.48. The van der Waals surface area contributed by atoms with Gasteiger partial charge in [0.2, 0.25) is 0 Å². The third-order valence-corrected chi connectivity index (χ3v) is 4.66. The molecule has 0 saturated heterocycles. The minimum Gasteiger partial charge on any atom is -0.206 e. The fourth-order valence-electron chi connectivity index (χ4n) is 2.93. The van der Waals surface area contributed by atoms with E-state index in [-0.39, 0.29) is 11.2 Å². The molecule has 0 spiro atoms. The van der Waals surface area contributed by atoms with Gasteiger partial charge in [0.1, 0.15) is 5.82 Å². The van der Waals surface area contributed by atoms with Crippen LogP contribution in [0.4, 0.5) is 4.39 Å². The van der Waals surface area contributed by atoms with Crippen LogP contribution in [0.3, 0.4) is 0 Å². The van der Waals surface area contributed by atoms with Crippen molar-refractivity contribution in [2.45, 2.75) is 39.0 Å². The second-order valence-corrected chi connectivity index (χ2v) is 6.19. The van der Waals surface area contributed by atoms with Gasteiger partial charge in [-0.15, -0.1) is 0 Å². The highest BCUT2D eigenvalue weighted by molar-refractivity contribution is 9.10. The number of rotatable bonds is 3. The molecule has 0 aromatic heterocycles. The summed E-state index contributed by atoms with van der Waals surface area (Å²) < 4.78 is 13.7. The lowest BCUT2D eigenvalue weighted by atomic mass is 9.80. The van der Waals surface area contributed by atoms with Gasteiger partial charge in [0.05, 0.1) is 16.0 Å². The third-order valence-electron chi connectivity index (χ3n) is 4.05. The summed E-state index contributed by atoms with van der Waals surface area (Å²) in [4.78, 5) is 0. The molecule has 18 heavy (non-hydrogen) atoms. The first kappa shape index (κ1) is 13.5. The quantitative estimate of drug-likeness (QED) is 0.783.